The Morgan fingerprint density at radius 1 is 1.33 bits per heavy atom. The predicted molar refractivity (Wildman–Crippen MR) is 41.8 cm³/mol. The van der Waals surface area contributed by atoms with E-state index in [0.29, 0.717) is 0 Å². The van der Waals surface area contributed by atoms with Crippen LogP contribution in [0.25, 0.3) is 0 Å². The van der Waals surface area contributed by atoms with Crippen molar-refractivity contribution in [1.82, 2.24) is 10.6 Å². The van der Waals surface area contributed by atoms with Crippen LogP contribution in [0.2, 0.25) is 0 Å². The molecule has 0 rings (SSSR count). The number of hydrogen-bond acceptors (Lipinski definition) is 6. The van der Waals surface area contributed by atoms with Crippen molar-refractivity contribution in [2.75, 3.05) is 20.6 Å². The maximum atomic E-state index is 8.96. The van der Waals surface area contributed by atoms with Crippen molar-refractivity contribution in [3.05, 3.63) is 0 Å². The molecule has 0 fully saturated rings. The van der Waals surface area contributed by atoms with E-state index in [1.807, 2.05) is 0 Å². The van der Waals surface area contributed by atoms with Gasteiger partial charge in [-0.2, -0.15) is 0 Å². The Bertz CT molecular complexity index is 102. The van der Waals surface area contributed by atoms with E-state index in [4.69, 9.17) is 10.2 Å². The summed E-state index contributed by atoms with van der Waals surface area (Å²) in [4.78, 5) is 0. The fourth-order valence-electron chi connectivity index (χ4n) is 0.485. The molecule has 0 aliphatic rings. The number of methoxy groups -OCH3 is 1. The Morgan fingerprint density at radius 2 is 2.00 bits per heavy atom. The van der Waals surface area contributed by atoms with Crippen LogP contribution in [0.15, 0.2) is 0 Å². The zero-order chi connectivity index (χ0) is 9.40. The highest BCUT2D eigenvalue weighted by molar-refractivity contribution is 4.43. The number of rotatable bonds is 7. The van der Waals surface area contributed by atoms with Crippen molar-refractivity contribution in [3.8, 4) is 0 Å². The molecular weight excluding hydrogens is 164 g/mol. The summed E-state index contributed by atoms with van der Waals surface area (Å²) in [6, 6.07) is 0. The summed E-state index contributed by atoms with van der Waals surface area (Å²) < 4.78 is 9.22. The van der Waals surface area contributed by atoms with Gasteiger partial charge in [-0.1, -0.05) is 0 Å². The summed E-state index contributed by atoms with van der Waals surface area (Å²) in [7, 11) is 1.46. The minimum Gasteiger partial charge on any atom is -0.379 e. The molecule has 0 heterocycles. The molecule has 0 saturated carbocycles. The van der Waals surface area contributed by atoms with E-state index in [2.05, 4.69) is 20.1 Å². The van der Waals surface area contributed by atoms with Gasteiger partial charge in [0.2, 0.25) is 6.41 Å². The SMILES string of the molecule is COCOC(O)NCNC(C)O. The van der Waals surface area contributed by atoms with Gasteiger partial charge in [0, 0.05) is 7.11 Å². The standard InChI is InChI=1S/C6H16N2O4/c1-5(9)7-3-8-6(10)12-4-11-2/h5-10H,3-4H2,1-2H3. The van der Waals surface area contributed by atoms with Crippen LogP contribution in [0.5, 0.6) is 0 Å². The van der Waals surface area contributed by atoms with Crippen molar-refractivity contribution >= 4 is 0 Å². The zero-order valence-electron chi connectivity index (χ0n) is 7.28. The van der Waals surface area contributed by atoms with Crippen molar-refractivity contribution in [3.63, 3.8) is 0 Å². The number of aliphatic hydroxyl groups excluding tert-OH is 2. The Labute approximate surface area is 71.5 Å². The van der Waals surface area contributed by atoms with Gasteiger partial charge in [0.05, 0.1) is 6.67 Å². The summed E-state index contributed by atoms with van der Waals surface area (Å²) >= 11 is 0. The van der Waals surface area contributed by atoms with E-state index >= 15 is 0 Å². The van der Waals surface area contributed by atoms with Crippen LogP contribution in [-0.4, -0.2) is 43.4 Å². The van der Waals surface area contributed by atoms with Gasteiger partial charge in [0.25, 0.3) is 0 Å². The van der Waals surface area contributed by atoms with Gasteiger partial charge in [-0.15, -0.1) is 0 Å². The van der Waals surface area contributed by atoms with Crippen molar-refractivity contribution in [2.24, 2.45) is 0 Å². The zero-order valence-corrected chi connectivity index (χ0v) is 7.28. The second-order valence-corrected chi connectivity index (χ2v) is 2.19. The molecule has 0 bridgehead atoms. The number of ether oxygens (including phenoxy) is 2. The Kier molecular flexibility index (Phi) is 7.26. The lowest BCUT2D eigenvalue weighted by Gasteiger charge is -2.14. The minimum atomic E-state index is -1.09. The van der Waals surface area contributed by atoms with Gasteiger partial charge in [0.15, 0.2) is 6.79 Å². The molecule has 0 aromatic rings. The summed E-state index contributed by atoms with van der Waals surface area (Å²) in [5.74, 6) is 0. The summed E-state index contributed by atoms with van der Waals surface area (Å²) in [6.45, 7) is 1.84. The van der Waals surface area contributed by atoms with E-state index in [1.54, 1.807) is 6.92 Å². The number of hydrogen-bond donors (Lipinski definition) is 4. The highest BCUT2D eigenvalue weighted by Gasteiger charge is 2.01. The average molecular weight is 180 g/mol. The first-order valence-corrected chi connectivity index (χ1v) is 3.60. The molecule has 74 valence electrons. The van der Waals surface area contributed by atoms with Crippen molar-refractivity contribution in [1.29, 1.82) is 0 Å². The van der Waals surface area contributed by atoms with E-state index in [-0.39, 0.29) is 13.5 Å². The fraction of sp³-hybridized carbons (Fsp3) is 1.00. The molecule has 6 heteroatoms. The fourth-order valence-corrected chi connectivity index (χ4v) is 0.485. The minimum absolute atomic E-state index is 0.0167. The molecule has 6 nitrogen and oxygen atoms in total. The van der Waals surface area contributed by atoms with Gasteiger partial charge in [0.1, 0.15) is 6.23 Å². The molecule has 12 heavy (non-hydrogen) atoms. The Balaban J connectivity index is 3.13. The predicted octanol–water partition coefficient (Wildman–Crippen LogP) is -1.64. The molecule has 0 aromatic carbocycles. The molecule has 2 unspecified atom stereocenters. The van der Waals surface area contributed by atoms with Crippen LogP contribution in [-0.2, 0) is 9.47 Å². The van der Waals surface area contributed by atoms with Crippen LogP contribution in [0, 0.1) is 0 Å². The molecule has 0 spiro atoms. The third kappa shape index (κ3) is 7.86. The lowest BCUT2D eigenvalue weighted by atomic mass is 10.7. The van der Waals surface area contributed by atoms with Crippen molar-refractivity contribution in [2.45, 2.75) is 19.6 Å². The van der Waals surface area contributed by atoms with Crippen molar-refractivity contribution < 1.29 is 19.7 Å². The highest BCUT2D eigenvalue weighted by atomic mass is 16.7. The lowest BCUT2D eigenvalue weighted by molar-refractivity contribution is -0.176. The molecule has 0 aliphatic carbocycles. The first-order chi connectivity index (χ1) is 5.66. The summed E-state index contributed by atoms with van der Waals surface area (Å²) in [5, 5.41) is 22.8. The number of aliphatic hydroxyl groups is 2. The van der Waals surface area contributed by atoms with Gasteiger partial charge >= 0.3 is 0 Å². The number of nitrogens with one attached hydrogen (secondary N) is 2. The normalized spacial score (nSPS) is 16.0. The van der Waals surface area contributed by atoms with Crippen LogP contribution in [0.3, 0.4) is 0 Å². The lowest BCUT2D eigenvalue weighted by Crippen LogP contribution is -2.41. The van der Waals surface area contributed by atoms with Gasteiger partial charge in [-0.05, 0) is 6.92 Å². The maximum Gasteiger partial charge on any atom is 0.216 e. The van der Waals surface area contributed by atoms with Gasteiger partial charge in [-0.3, -0.25) is 10.6 Å². The van der Waals surface area contributed by atoms with E-state index in [1.165, 1.54) is 7.11 Å². The molecule has 0 radical (unpaired) electrons. The molecule has 0 amide bonds. The molecular formula is C6H16N2O4. The van der Waals surface area contributed by atoms with Crippen LogP contribution in [0.4, 0.5) is 0 Å². The molecule has 0 aliphatic heterocycles. The first kappa shape index (κ1) is 11.8. The van der Waals surface area contributed by atoms with E-state index in [0.717, 1.165) is 0 Å². The molecule has 0 aromatic heterocycles. The average Bonchev–Trinajstić information content (AvgIpc) is 2.00. The van der Waals surface area contributed by atoms with Crippen LogP contribution >= 0.6 is 0 Å². The van der Waals surface area contributed by atoms with Gasteiger partial charge in [-0.25, -0.2) is 0 Å². The monoisotopic (exact) mass is 180 g/mol. The maximum absolute atomic E-state index is 8.96. The smallest absolute Gasteiger partial charge is 0.216 e. The van der Waals surface area contributed by atoms with E-state index < -0.39 is 12.6 Å². The molecule has 4 N–H and O–H groups in total. The quantitative estimate of drug-likeness (QED) is 0.352. The third-order valence-corrected chi connectivity index (χ3v) is 1.02. The Hall–Kier alpha value is -0.240. The third-order valence-electron chi connectivity index (χ3n) is 1.02. The summed E-state index contributed by atoms with van der Waals surface area (Å²) in [6.07, 6.45) is -1.71. The van der Waals surface area contributed by atoms with Crippen LogP contribution < -0.4 is 10.6 Å². The largest absolute Gasteiger partial charge is 0.379 e. The Morgan fingerprint density at radius 3 is 2.50 bits per heavy atom. The highest BCUT2D eigenvalue weighted by Crippen LogP contribution is 1.80. The topological polar surface area (TPSA) is 83.0 Å². The summed E-state index contributed by atoms with van der Waals surface area (Å²) in [5.41, 5.74) is 0. The second-order valence-electron chi connectivity index (χ2n) is 2.19. The van der Waals surface area contributed by atoms with Crippen LogP contribution in [0.1, 0.15) is 6.92 Å². The first-order valence-electron chi connectivity index (χ1n) is 3.60. The molecule has 2 atom stereocenters. The van der Waals surface area contributed by atoms with E-state index in [9.17, 15) is 0 Å². The molecule has 0 saturated heterocycles. The second kappa shape index (κ2) is 7.41. The van der Waals surface area contributed by atoms with Gasteiger partial charge < -0.3 is 19.7 Å².